The van der Waals surface area contributed by atoms with Gasteiger partial charge in [-0.3, -0.25) is 14.9 Å². The van der Waals surface area contributed by atoms with Gasteiger partial charge in [-0.2, -0.15) is 0 Å². The fourth-order valence-corrected chi connectivity index (χ4v) is 2.66. The average Bonchev–Trinajstić information content (AvgIpc) is 2.58. The van der Waals surface area contributed by atoms with Crippen LogP contribution in [0.4, 0.5) is 11.4 Å². The number of benzene rings is 1. The number of hydrogen-bond acceptors (Lipinski definition) is 6. The quantitative estimate of drug-likeness (QED) is 0.579. The van der Waals surface area contributed by atoms with Crippen LogP contribution in [0, 0.1) is 17.0 Å². The van der Waals surface area contributed by atoms with E-state index >= 15 is 0 Å². The summed E-state index contributed by atoms with van der Waals surface area (Å²) >= 11 is 0. The average molecular weight is 339 g/mol. The summed E-state index contributed by atoms with van der Waals surface area (Å²) in [5.74, 6) is 0.583. The second-order valence-electron chi connectivity index (χ2n) is 5.84. The van der Waals surface area contributed by atoms with E-state index in [2.05, 4.69) is 15.3 Å². The number of aryl methyl sites for hydroxylation is 2. The number of hydrogen-bond donors (Lipinski definition) is 1. The zero-order valence-corrected chi connectivity index (χ0v) is 14.1. The molecular weight excluding hydrogens is 322 g/mol. The Balaban J connectivity index is 2.11. The van der Waals surface area contributed by atoms with E-state index in [0.717, 1.165) is 5.69 Å². The van der Waals surface area contributed by atoms with Crippen LogP contribution in [0.25, 0.3) is 10.9 Å². The van der Waals surface area contributed by atoms with Crippen LogP contribution < -0.4 is 10.9 Å². The molecule has 0 fully saturated rings. The number of non-ortho nitro benzene ring substituents is 1. The van der Waals surface area contributed by atoms with Crippen LogP contribution in [0.1, 0.15) is 24.5 Å². The number of pyridine rings is 1. The molecule has 2 heterocycles. The van der Waals surface area contributed by atoms with Crippen molar-refractivity contribution in [2.75, 3.05) is 5.32 Å². The first-order chi connectivity index (χ1) is 11.9. The van der Waals surface area contributed by atoms with E-state index in [1.54, 1.807) is 25.4 Å². The van der Waals surface area contributed by atoms with E-state index in [0.29, 0.717) is 22.4 Å². The molecule has 8 nitrogen and oxygen atoms in total. The normalized spacial score (nSPS) is 12.1. The predicted octanol–water partition coefficient (Wildman–Crippen LogP) is 2.72. The minimum absolute atomic E-state index is 0.0337. The highest BCUT2D eigenvalue weighted by molar-refractivity contribution is 5.93. The zero-order valence-electron chi connectivity index (χ0n) is 14.1. The Bertz CT molecular complexity index is 1030. The van der Waals surface area contributed by atoms with Gasteiger partial charge in [0.2, 0.25) is 0 Å². The standard InChI is InChI=1S/C17H17N5O3/c1-10-6-7-18-17(19-10)11(2)20-14-9-16(23)21(3)15-5-4-12(22(24)25)8-13(14)15/h4-9,11,20H,1-3H3. The Kier molecular flexibility index (Phi) is 4.18. The molecule has 3 aromatic rings. The molecule has 0 saturated carbocycles. The largest absolute Gasteiger partial charge is 0.375 e. The van der Waals surface area contributed by atoms with E-state index in [1.807, 2.05) is 13.8 Å². The van der Waals surface area contributed by atoms with Gasteiger partial charge in [0.05, 0.1) is 16.5 Å². The number of fused-ring (bicyclic) bond motifs is 1. The van der Waals surface area contributed by atoms with Crippen molar-refractivity contribution in [1.82, 2.24) is 14.5 Å². The summed E-state index contributed by atoms with van der Waals surface area (Å²) in [5.41, 5.74) is 1.72. The maximum Gasteiger partial charge on any atom is 0.270 e. The van der Waals surface area contributed by atoms with Crippen LogP contribution in [0.3, 0.4) is 0 Å². The van der Waals surface area contributed by atoms with E-state index in [-0.39, 0.29) is 17.3 Å². The number of nitrogens with one attached hydrogen (secondary N) is 1. The molecule has 1 aromatic carbocycles. The lowest BCUT2D eigenvalue weighted by molar-refractivity contribution is -0.384. The number of anilines is 1. The molecule has 0 aliphatic rings. The van der Waals surface area contributed by atoms with E-state index in [4.69, 9.17) is 0 Å². The summed E-state index contributed by atoms with van der Waals surface area (Å²) in [6.07, 6.45) is 1.67. The summed E-state index contributed by atoms with van der Waals surface area (Å²) in [5, 5.41) is 14.9. The van der Waals surface area contributed by atoms with Gasteiger partial charge in [-0.25, -0.2) is 9.97 Å². The summed E-state index contributed by atoms with van der Waals surface area (Å²) < 4.78 is 1.46. The molecule has 8 heteroatoms. The first-order valence-electron chi connectivity index (χ1n) is 7.71. The minimum Gasteiger partial charge on any atom is -0.375 e. The monoisotopic (exact) mass is 339 g/mol. The van der Waals surface area contributed by atoms with Crippen LogP contribution in [0.5, 0.6) is 0 Å². The highest BCUT2D eigenvalue weighted by Crippen LogP contribution is 2.28. The molecular formula is C17H17N5O3. The lowest BCUT2D eigenvalue weighted by Crippen LogP contribution is -2.19. The summed E-state index contributed by atoms with van der Waals surface area (Å²) in [7, 11) is 1.63. The number of aromatic nitrogens is 3. The fraction of sp³-hybridized carbons (Fsp3) is 0.235. The topological polar surface area (TPSA) is 103 Å². The predicted molar refractivity (Wildman–Crippen MR) is 94.7 cm³/mol. The molecule has 1 unspecified atom stereocenters. The van der Waals surface area contributed by atoms with Crippen molar-refractivity contribution >= 4 is 22.3 Å². The molecule has 0 aliphatic carbocycles. The highest BCUT2D eigenvalue weighted by atomic mass is 16.6. The third-order valence-electron chi connectivity index (χ3n) is 4.01. The van der Waals surface area contributed by atoms with Gasteiger partial charge < -0.3 is 9.88 Å². The molecule has 2 aromatic heterocycles. The minimum atomic E-state index is -0.457. The van der Waals surface area contributed by atoms with Crippen molar-refractivity contribution in [2.24, 2.45) is 7.05 Å². The van der Waals surface area contributed by atoms with Crippen molar-refractivity contribution in [3.63, 3.8) is 0 Å². The van der Waals surface area contributed by atoms with Gasteiger partial charge in [0.25, 0.3) is 11.2 Å². The van der Waals surface area contributed by atoms with Gasteiger partial charge in [-0.1, -0.05) is 0 Å². The second-order valence-corrected chi connectivity index (χ2v) is 5.84. The molecule has 1 N–H and O–H groups in total. The molecule has 1 atom stereocenters. The van der Waals surface area contributed by atoms with Crippen LogP contribution in [-0.4, -0.2) is 19.5 Å². The SMILES string of the molecule is Cc1ccnc(C(C)Nc2cc(=O)n(C)c3ccc([N+](=O)[O-])cc23)n1. The molecule has 0 spiro atoms. The molecule has 0 aliphatic heterocycles. The summed E-state index contributed by atoms with van der Waals surface area (Å²) in [4.78, 5) is 31.4. The lowest BCUT2D eigenvalue weighted by atomic mass is 10.1. The van der Waals surface area contributed by atoms with E-state index < -0.39 is 4.92 Å². The molecule has 0 amide bonds. The lowest BCUT2D eigenvalue weighted by Gasteiger charge is -2.17. The number of nitro groups is 1. The number of rotatable bonds is 4. The Morgan fingerprint density at radius 3 is 2.72 bits per heavy atom. The fourth-order valence-electron chi connectivity index (χ4n) is 2.66. The zero-order chi connectivity index (χ0) is 18.1. The third-order valence-corrected chi connectivity index (χ3v) is 4.01. The van der Waals surface area contributed by atoms with Crippen LogP contribution in [0.15, 0.2) is 41.3 Å². The van der Waals surface area contributed by atoms with Crippen LogP contribution in [0.2, 0.25) is 0 Å². The van der Waals surface area contributed by atoms with E-state index in [9.17, 15) is 14.9 Å². The van der Waals surface area contributed by atoms with Gasteiger partial charge in [-0.05, 0) is 26.0 Å². The van der Waals surface area contributed by atoms with Crippen molar-refractivity contribution in [2.45, 2.75) is 19.9 Å². The third kappa shape index (κ3) is 3.18. The maximum absolute atomic E-state index is 12.2. The molecule has 0 bridgehead atoms. The molecule has 3 rings (SSSR count). The van der Waals surface area contributed by atoms with Gasteiger partial charge in [0, 0.05) is 48.2 Å². The maximum atomic E-state index is 12.2. The second kappa shape index (κ2) is 6.31. The van der Waals surface area contributed by atoms with Gasteiger partial charge in [0.15, 0.2) is 0 Å². The number of nitro benzene ring substituents is 1. The smallest absolute Gasteiger partial charge is 0.270 e. The van der Waals surface area contributed by atoms with Crippen LogP contribution in [-0.2, 0) is 7.05 Å². The first-order valence-corrected chi connectivity index (χ1v) is 7.71. The van der Waals surface area contributed by atoms with Crippen molar-refractivity contribution < 1.29 is 4.92 Å². The Labute approximate surface area is 143 Å². The highest BCUT2D eigenvalue weighted by Gasteiger charge is 2.15. The Morgan fingerprint density at radius 1 is 1.28 bits per heavy atom. The van der Waals surface area contributed by atoms with Gasteiger partial charge >= 0.3 is 0 Å². The molecule has 128 valence electrons. The molecule has 0 radical (unpaired) electrons. The first kappa shape index (κ1) is 16.6. The van der Waals surface area contributed by atoms with Crippen molar-refractivity contribution in [1.29, 1.82) is 0 Å². The van der Waals surface area contributed by atoms with Gasteiger partial charge in [0.1, 0.15) is 5.82 Å². The summed E-state index contributed by atoms with van der Waals surface area (Å²) in [6.45, 7) is 3.74. The van der Waals surface area contributed by atoms with Crippen molar-refractivity contribution in [3.8, 4) is 0 Å². The van der Waals surface area contributed by atoms with Gasteiger partial charge in [-0.15, -0.1) is 0 Å². The van der Waals surface area contributed by atoms with Crippen LogP contribution >= 0.6 is 0 Å². The Morgan fingerprint density at radius 2 is 2.04 bits per heavy atom. The Hall–Kier alpha value is -3.29. The van der Waals surface area contributed by atoms with E-state index in [1.165, 1.54) is 22.8 Å². The number of nitrogens with zero attached hydrogens (tertiary/aromatic N) is 4. The summed E-state index contributed by atoms with van der Waals surface area (Å²) in [6, 6.07) is 7.38. The van der Waals surface area contributed by atoms with Crippen molar-refractivity contribution in [3.05, 3.63) is 68.5 Å². The molecule has 0 saturated heterocycles. The molecule has 25 heavy (non-hydrogen) atoms.